The Morgan fingerprint density at radius 1 is 1.06 bits per heavy atom. The van der Waals surface area contributed by atoms with E-state index in [0.717, 1.165) is 12.5 Å². The summed E-state index contributed by atoms with van der Waals surface area (Å²) in [5, 5.41) is 3.47. The first-order chi connectivity index (χ1) is 7.47. The third kappa shape index (κ3) is 8.12. The Balaban J connectivity index is 3.76. The number of hydrogen-bond donors (Lipinski definition) is 1. The Bertz CT molecular complexity index is 155. The van der Waals surface area contributed by atoms with E-state index >= 15 is 0 Å². The second-order valence-corrected chi connectivity index (χ2v) is 5.58. The zero-order chi connectivity index (χ0) is 12.6. The molecule has 98 valence electrons. The van der Waals surface area contributed by atoms with E-state index in [4.69, 9.17) is 0 Å². The Labute approximate surface area is 103 Å². The molecular formula is C14H32N2. The van der Waals surface area contributed by atoms with E-state index < -0.39 is 0 Å². The van der Waals surface area contributed by atoms with Gasteiger partial charge in [0.25, 0.3) is 0 Å². The molecule has 0 radical (unpaired) electrons. The van der Waals surface area contributed by atoms with Crippen LogP contribution in [-0.2, 0) is 0 Å². The minimum absolute atomic E-state index is 0.665. The van der Waals surface area contributed by atoms with Crippen LogP contribution in [0.5, 0.6) is 0 Å². The molecule has 16 heavy (non-hydrogen) atoms. The summed E-state index contributed by atoms with van der Waals surface area (Å²) in [6.07, 6.45) is 2.59. The molecule has 1 atom stereocenters. The molecule has 0 aliphatic heterocycles. The first-order valence-electron chi connectivity index (χ1n) is 6.94. The van der Waals surface area contributed by atoms with Crippen molar-refractivity contribution in [1.29, 1.82) is 0 Å². The highest BCUT2D eigenvalue weighted by atomic mass is 15.1. The van der Waals surface area contributed by atoms with Crippen molar-refractivity contribution < 1.29 is 0 Å². The quantitative estimate of drug-likeness (QED) is 0.652. The number of rotatable bonds is 9. The highest BCUT2D eigenvalue weighted by Gasteiger charge is 2.11. The van der Waals surface area contributed by atoms with Crippen LogP contribution in [0, 0.1) is 5.92 Å². The fourth-order valence-electron chi connectivity index (χ4n) is 2.08. The van der Waals surface area contributed by atoms with Gasteiger partial charge in [0, 0.05) is 18.6 Å². The maximum Gasteiger partial charge on any atom is 0.00390 e. The molecule has 2 heteroatoms. The van der Waals surface area contributed by atoms with Crippen LogP contribution >= 0.6 is 0 Å². The smallest absolute Gasteiger partial charge is 0.00390 e. The average molecular weight is 228 g/mol. The minimum Gasteiger partial charge on any atom is -0.315 e. The molecule has 0 aliphatic carbocycles. The molecule has 2 nitrogen and oxygen atoms in total. The molecular weight excluding hydrogens is 196 g/mol. The molecule has 1 unspecified atom stereocenters. The normalized spacial score (nSPS) is 14.1. The fourth-order valence-corrected chi connectivity index (χ4v) is 2.08. The first kappa shape index (κ1) is 15.9. The van der Waals surface area contributed by atoms with Crippen LogP contribution in [-0.4, -0.2) is 36.6 Å². The maximum absolute atomic E-state index is 3.47. The van der Waals surface area contributed by atoms with Gasteiger partial charge in [-0.25, -0.2) is 0 Å². The van der Waals surface area contributed by atoms with Gasteiger partial charge in [-0.1, -0.05) is 20.8 Å². The lowest BCUT2D eigenvalue weighted by Gasteiger charge is -2.28. The standard InChI is InChI=1S/C14H32N2/c1-7-15-14(6)9-8-10-16(13(4)5)11-12(2)3/h12-15H,7-11H2,1-6H3. The SMILES string of the molecule is CCNC(C)CCCN(CC(C)C)C(C)C. The molecule has 0 spiro atoms. The van der Waals surface area contributed by atoms with Gasteiger partial charge in [-0.15, -0.1) is 0 Å². The van der Waals surface area contributed by atoms with Crippen molar-refractivity contribution in [3.05, 3.63) is 0 Å². The van der Waals surface area contributed by atoms with Crippen LogP contribution in [0.25, 0.3) is 0 Å². The van der Waals surface area contributed by atoms with E-state index in [-0.39, 0.29) is 0 Å². The molecule has 0 fully saturated rings. The fraction of sp³-hybridized carbons (Fsp3) is 1.00. The van der Waals surface area contributed by atoms with Gasteiger partial charge in [0.15, 0.2) is 0 Å². The second-order valence-electron chi connectivity index (χ2n) is 5.58. The second kappa shape index (κ2) is 9.00. The van der Waals surface area contributed by atoms with Gasteiger partial charge in [-0.3, -0.25) is 0 Å². The molecule has 0 aliphatic rings. The summed E-state index contributed by atoms with van der Waals surface area (Å²) in [5.74, 6) is 0.772. The van der Waals surface area contributed by atoms with Crippen molar-refractivity contribution in [2.75, 3.05) is 19.6 Å². The lowest BCUT2D eigenvalue weighted by molar-refractivity contribution is 0.192. The summed E-state index contributed by atoms with van der Waals surface area (Å²) >= 11 is 0. The largest absolute Gasteiger partial charge is 0.315 e. The first-order valence-corrected chi connectivity index (χ1v) is 6.94. The lowest BCUT2D eigenvalue weighted by Crippen LogP contribution is -2.36. The van der Waals surface area contributed by atoms with Gasteiger partial charge in [0.1, 0.15) is 0 Å². The minimum atomic E-state index is 0.665. The number of hydrogen-bond acceptors (Lipinski definition) is 2. The van der Waals surface area contributed by atoms with Gasteiger partial charge in [0.2, 0.25) is 0 Å². The predicted molar refractivity (Wildman–Crippen MR) is 73.9 cm³/mol. The average Bonchev–Trinajstić information content (AvgIpc) is 2.15. The van der Waals surface area contributed by atoms with Gasteiger partial charge in [0.05, 0.1) is 0 Å². The number of nitrogens with one attached hydrogen (secondary N) is 1. The van der Waals surface area contributed by atoms with Gasteiger partial charge >= 0.3 is 0 Å². The molecule has 0 rings (SSSR count). The van der Waals surface area contributed by atoms with Crippen LogP contribution in [0.15, 0.2) is 0 Å². The molecule has 0 heterocycles. The summed E-state index contributed by atoms with van der Waals surface area (Å²) in [5.41, 5.74) is 0. The van der Waals surface area contributed by atoms with E-state index in [1.165, 1.54) is 25.9 Å². The van der Waals surface area contributed by atoms with Crippen molar-refractivity contribution in [2.45, 2.75) is 66.5 Å². The third-order valence-electron chi connectivity index (χ3n) is 2.97. The molecule has 0 aromatic carbocycles. The molecule has 0 aromatic rings. The van der Waals surface area contributed by atoms with Crippen LogP contribution < -0.4 is 5.32 Å². The highest BCUT2D eigenvalue weighted by Crippen LogP contribution is 2.07. The van der Waals surface area contributed by atoms with Crippen molar-refractivity contribution in [2.24, 2.45) is 5.92 Å². The summed E-state index contributed by atoms with van der Waals surface area (Å²) in [4.78, 5) is 2.60. The summed E-state index contributed by atoms with van der Waals surface area (Å²) in [6.45, 7) is 17.2. The Morgan fingerprint density at radius 2 is 1.69 bits per heavy atom. The van der Waals surface area contributed by atoms with E-state index in [1.54, 1.807) is 0 Å². The monoisotopic (exact) mass is 228 g/mol. The predicted octanol–water partition coefficient (Wildman–Crippen LogP) is 3.13. The maximum atomic E-state index is 3.47. The molecule has 0 saturated carbocycles. The van der Waals surface area contributed by atoms with Gasteiger partial charge in [-0.05, 0) is 52.6 Å². The summed E-state index contributed by atoms with van der Waals surface area (Å²) in [7, 11) is 0. The van der Waals surface area contributed by atoms with Crippen LogP contribution in [0.1, 0.15) is 54.4 Å². The van der Waals surface area contributed by atoms with Gasteiger partial charge < -0.3 is 10.2 Å². The van der Waals surface area contributed by atoms with Crippen molar-refractivity contribution in [1.82, 2.24) is 10.2 Å². The molecule has 0 amide bonds. The van der Waals surface area contributed by atoms with E-state index in [9.17, 15) is 0 Å². The molecule has 0 bridgehead atoms. The van der Waals surface area contributed by atoms with Crippen LogP contribution in [0.2, 0.25) is 0 Å². The highest BCUT2D eigenvalue weighted by molar-refractivity contribution is 4.67. The third-order valence-corrected chi connectivity index (χ3v) is 2.97. The topological polar surface area (TPSA) is 15.3 Å². The van der Waals surface area contributed by atoms with E-state index in [1.807, 2.05) is 0 Å². The zero-order valence-electron chi connectivity index (χ0n) is 12.2. The summed E-state index contributed by atoms with van der Waals surface area (Å²) < 4.78 is 0. The lowest BCUT2D eigenvalue weighted by atomic mass is 10.1. The van der Waals surface area contributed by atoms with Crippen molar-refractivity contribution in [3.8, 4) is 0 Å². The Hall–Kier alpha value is -0.0800. The Kier molecular flexibility index (Phi) is 8.96. The van der Waals surface area contributed by atoms with E-state index in [0.29, 0.717) is 12.1 Å². The number of nitrogens with zero attached hydrogens (tertiary/aromatic N) is 1. The molecule has 0 saturated heterocycles. The molecule has 0 aromatic heterocycles. The van der Waals surface area contributed by atoms with Crippen LogP contribution in [0.3, 0.4) is 0 Å². The van der Waals surface area contributed by atoms with Crippen molar-refractivity contribution >= 4 is 0 Å². The van der Waals surface area contributed by atoms with Crippen molar-refractivity contribution in [3.63, 3.8) is 0 Å². The summed E-state index contributed by atoms with van der Waals surface area (Å²) in [6, 6.07) is 1.34. The molecule has 1 N–H and O–H groups in total. The zero-order valence-corrected chi connectivity index (χ0v) is 12.2. The van der Waals surface area contributed by atoms with Crippen LogP contribution in [0.4, 0.5) is 0 Å². The van der Waals surface area contributed by atoms with Gasteiger partial charge in [-0.2, -0.15) is 0 Å². The Morgan fingerprint density at radius 3 is 2.12 bits per heavy atom. The van der Waals surface area contributed by atoms with E-state index in [2.05, 4.69) is 51.8 Å².